The van der Waals surface area contributed by atoms with E-state index in [9.17, 15) is 0 Å². The van der Waals surface area contributed by atoms with E-state index in [1.54, 1.807) is 0 Å². The van der Waals surface area contributed by atoms with Gasteiger partial charge in [-0.05, 0) is 6.92 Å². The number of hydrogen-bond acceptors (Lipinski definition) is 6. The van der Waals surface area contributed by atoms with Crippen LogP contribution in [0.5, 0.6) is 0 Å². The number of hydrogen-bond donors (Lipinski definition) is 7. The Morgan fingerprint density at radius 2 is 1.38 bits per heavy atom. The van der Waals surface area contributed by atoms with E-state index in [4.69, 9.17) is 39.7 Å². The molecule has 0 spiro atoms. The van der Waals surface area contributed by atoms with E-state index in [2.05, 4.69) is 12.2 Å². The van der Waals surface area contributed by atoms with Crippen LogP contribution in [0.3, 0.4) is 0 Å². The van der Waals surface area contributed by atoms with E-state index in [0.717, 1.165) is 5.37 Å². The summed E-state index contributed by atoms with van der Waals surface area (Å²) in [6, 6.07) is 0. The first-order valence-electron chi connectivity index (χ1n) is 3.96. The normalized spacial score (nSPS) is 18.8. The summed E-state index contributed by atoms with van der Waals surface area (Å²) < 4.78 is 8.88. The van der Waals surface area contributed by atoms with Gasteiger partial charge in [-0.2, -0.15) is 0 Å². The largest absolute Gasteiger partial charge is 0.466 e. The van der Waals surface area contributed by atoms with Gasteiger partial charge < -0.3 is 35.1 Å². The minimum absolute atomic E-state index is 0.927. The first-order valence-corrected chi connectivity index (χ1v) is 6.00. The number of phosphoric acid groups is 1. The predicted molar refractivity (Wildman–Crippen MR) is 57.6 cm³/mol. The van der Waals surface area contributed by atoms with Crippen molar-refractivity contribution in [3.8, 4) is 0 Å². The zero-order valence-electron chi connectivity index (χ0n) is 8.28. The van der Waals surface area contributed by atoms with Crippen LogP contribution < -0.4 is 0 Å². The molecule has 0 aromatic rings. The average molecular weight is 278 g/mol. The minimum Gasteiger partial charge on any atom is -0.391 e. The third-order valence-electron chi connectivity index (χ3n) is 1.33. The van der Waals surface area contributed by atoms with Gasteiger partial charge in [0.05, 0.1) is 6.10 Å². The van der Waals surface area contributed by atoms with Crippen molar-refractivity contribution in [2.24, 2.45) is 0 Å². The van der Waals surface area contributed by atoms with E-state index in [1.165, 1.54) is 6.92 Å². The van der Waals surface area contributed by atoms with Crippen molar-refractivity contribution in [3.05, 3.63) is 0 Å². The molecule has 0 aliphatic carbocycles. The minimum atomic E-state index is -4.64. The van der Waals surface area contributed by atoms with Crippen molar-refractivity contribution < 1.29 is 39.7 Å². The van der Waals surface area contributed by atoms with Gasteiger partial charge in [0, 0.05) is 5.37 Å². The molecule has 0 aliphatic rings. The summed E-state index contributed by atoms with van der Waals surface area (Å²) in [7, 11) is -4.64. The van der Waals surface area contributed by atoms with Gasteiger partial charge in [-0.1, -0.05) is 12.2 Å². The van der Waals surface area contributed by atoms with E-state index < -0.39 is 32.2 Å². The Balaban J connectivity index is 0. The topological polar surface area (TPSA) is 159 Å². The maximum absolute atomic E-state index is 9.00. The van der Waals surface area contributed by atoms with Crippen molar-refractivity contribution in [2.75, 3.05) is 0 Å². The lowest BCUT2D eigenvalue weighted by Gasteiger charge is -2.21. The molecule has 0 fully saturated rings. The second kappa shape index (κ2) is 8.18. The van der Waals surface area contributed by atoms with Crippen LogP contribution in [0.4, 0.5) is 0 Å². The van der Waals surface area contributed by atoms with Crippen molar-refractivity contribution in [2.45, 2.75) is 31.3 Å². The lowest BCUT2D eigenvalue weighted by atomic mass is 10.1. The lowest BCUT2D eigenvalue weighted by Crippen LogP contribution is -2.43. The number of thiocarbonyl (C=S) groups is 1. The summed E-state index contributed by atoms with van der Waals surface area (Å²) in [5.74, 6) is 0. The van der Waals surface area contributed by atoms with Gasteiger partial charge >= 0.3 is 7.82 Å². The molecule has 7 N–H and O–H groups in total. The summed E-state index contributed by atoms with van der Waals surface area (Å²) >= 11 is 4.33. The standard InChI is InChI=1S/C6H12O4S.H3O4P/c1-3(7)5(9)6(10)4(8)2-11;1-5(2,3)4/h2-10H,1H3;(H3,1,2,3,4)/t3?,4-,5+,6-;/m0./s1. The quantitative estimate of drug-likeness (QED) is 0.218. The van der Waals surface area contributed by atoms with Crippen molar-refractivity contribution in [1.29, 1.82) is 0 Å². The zero-order chi connectivity index (χ0) is 13.5. The first kappa shape index (κ1) is 18.4. The van der Waals surface area contributed by atoms with Gasteiger partial charge in [0.15, 0.2) is 0 Å². The molecule has 10 heteroatoms. The Kier molecular flexibility index (Phi) is 9.41. The third-order valence-corrected chi connectivity index (χ3v) is 1.61. The molecule has 0 heterocycles. The highest BCUT2D eigenvalue weighted by molar-refractivity contribution is 7.79. The van der Waals surface area contributed by atoms with Crippen LogP contribution in [0, 0.1) is 0 Å². The molecular weight excluding hydrogens is 263 g/mol. The summed E-state index contributed by atoms with van der Waals surface area (Å²) in [6.45, 7) is 1.31. The van der Waals surface area contributed by atoms with Crippen molar-refractivity contribution in [1.82, 2.24) is 0 Å². The molecule has 1 unspecified atom stereocenters. The SMILES string of the molecule is CC(O)[C@@H](O)[C@@H](O)[C@@H](O)C=S.O=P(O)(O)O. The Labute approximate surface area is 97.0 Å². The molecule has 0 bridgehead atoms. The third kappa shape index (κ3) is 12.1. The summed E-state index contributed by atoms with van der Waals surface area (Å²) in [6.07, 6.45) is -5.17. The van der Waals surface area contributed by atoms with Crippen LogP contribution in [0.15, 0.2) is 0 Å². The highest BCUT2D eigenvalue weighted by Crippen LogP contribution is 2.25. The Morgan fingerprint density at radius 3 is 1.56 bits per heavy atom. The van der Waals surface area contributed by atoms with Gasteiger partial charge in [0.1, 0.15) is 18.3 Å². The van der Waals surface area contributed by atoms with Crippen molar-refractivity contribution >= 4 is 25.4 Å². The molecule has 0 saturated carbocycles. The molecule has 0 rings (SSSR count). The second-order valence-corrected chi connectivity index (χ2v) is 4.16. The van der Waals surface area contributed by atoms with Gasteiger partial charge in [-0.15, -0.1) is 0 Å². The van der Waals surface area contributed by atoms with Gasteiger partial charge in [-0.25, -0.2) is 4.57 Å². The van der Waals surface area contributed by atoms with Crippen LogP contribution in [0.2, 0.25) is 0 Å². The van der Waals surface area contributed by atoms with E-state index in [0.29, 0.717) is 0 Å². The molecule has 16 heavy (non-hydrogen) atoms. The first-order chi connectivity index (χ1) is 7.00. The highest BCUT2D eigenvalue weighted by Gasteiger charge is 2.26. The van der Waals surface area contributed by atoms with Crippen LogP contribution in [-0.2, 0) is 4.57 Å². The number of aliphatic hydroxyl groups excluding tert-OH is 4. The molecule has 4 atom stereocenters. The summed E-state index contributed by atoms with van der Waals surface area (Å²) in [5.41, 5.74) is 0. The lowest BCUT2D eigenvalue weighted by molar-refractivity contribution is -0.0816. The molecule has 0 aliphatic heterocycles. The Bertz CT molecular complexity index is 232. The molecule has 0 aromatic carbocycles. The van der Waals surface area contributed by atoms with Gasteiger partial charge in [0.2, 0.25) is 0 Å². The monoisotopic (exact) mass is 278 g/mol. The predicted octanol–water partition coefficient (Wildman–Crippen LogP) is -2.48. The molecule has 0 saturated heterocycles. The van der Waals surface area contributed by atoms with Crippen molar-refractivity contribution in [3.63, 3.8) is 0 Å². The summed E-state index contributed by atoms with van der Waals surface area (Å²) in [5, 5.41) is 36.5. The van der Waals surface area contributed by atoms with Crippen LogP contribution >= 0.6 is 20.0 Å². The van der Waals surface area contributed by atoms with E-state index >= 15 is 0 Å². The fraction of sp³-hybridized carbons (Fsp3) is 0.833. The zero-order valence-corrected chi connectivity index (χ0v) is 9.99. The fourth-order valence-electron chi connectivity index (χ4n) is 0.568. The molecule has 0 aromatic heterocycles. The van der Waals surface area contributed by atoms with E-state index in [1.807, 2.05) is 0 Å². The maximum Gasteiger partial charge on any atom is 0.466 e. The Morgan fingerprint density at radius 1 is 1.06 bits per heavy atom. The van der Waals surface area contributed by atoms with E-state index in [-0.39, 0.29) is 0 Å². The second-order valence-electron chi connectivity index (χ2n) is 2.86. The van der Waals surface area contributed by atoms with Crippen LogP contribution in [0.1, 0.15) is 6.92 Å². The van der Waals surface area contributed by atoms with Gasteiger partial charge in [0.25, 0.3) is 0 Å². The molecule has 8 nitrogen and oxygen atoms in total. The molecule has 98 valence electrons. The van der Waals surface area contributed by atoms with Crippen LogP contribution in [-0.4, -0.2) is 64.9 Å². The average Bonchev–Trinajstić information content (AvgIpc) is 2.11. The maximum atomic E-state index is 9.00. The molecule has 0 amide bonds. The molecular formula is C6H15O8PS. The molecule has 0 radical (unpaired) electrons. The highest BCUT2D eigenvalue weighted by atomic mass is 32.1. The number of aliphatic hydroxyl groups is 4. The summed E-state index contributed by atoms with van der Waals surface area (Å²) in [4.78, 5) is 21.6. The fourth-order valence-corrected chi connectivity index (χ4v) is 0.729. The Hall–Kier alpha value is 0.0400. The smallest absolute Gasteiger partial charge is 0.391 e. The number of rotatable bonds is 4. The van der Waals surface area contributed by atoms with Crippen LogP contribution in [0.25, 0.3) is 0 Å². The van der Waals surface area contributed by atoms with Gasteiger partial charge in [-0.3, -0.25) is 0 Å².